The highest BCUT2D eigenvalue weighted by molar-refractivity contribution is 6.31. The number of benzene rings is 1. The number of rotatable bonds is 4. The summed E-state index contributed by atoms with van der Waals surface area (Å²) in [7, 11) is 0. The SMILES string of the molecule is O=C(CC1CNC1)Nc1cc(Cl)ccc1-n1cncn1. The molecule has 1 aliphatic heterocycles. The molecule has 1 aromatic carbocycles. The van der Waals surface area contributed by atoms with Crippen molar-refractivity contribution in [2.45, 2.75) is 6.42 Å². The van der Waals surface area contributed by atoms with E-state index >= 15 is 0 Å². The molecule has 6 nitrogen and oxygen atoms in total. The van der Waals surface area contributed by atoms with Gasteiger partial charge in [-0.2, -0.15) is 5.10 Å². The first-order valence-electron chi connectivity index (χ1n) is 6.37. The number of hydrogen-bond acceptors (Lipinski definition) is 4. The summed E-state index contributed by atoms with van der Waals surface area (Å²) in [6.07, 6.45) is 3.53. The number of amides is 1. The Morgan fingerprint density at radius 1 is 1.50 bits per heavy atom. The lowest BCUT2D eigenvalue weighted by Gasteiger charge is -2.26. The molecule has 1 aliphatic rings. The molecule has 0 bridgehead atoms. The van der Waals surface area contributed by atoms with Gasteiger partial charge in [0.05, 0.1) is 11.4 Å². The summed E-state index contributed by atoms with van der Waals surface area (Å²) in [5.74, 6) is 0.407. The molecule has 1 aromatic heterocycles. The Morgan fingerprint density at radius 3 is 3.00 bits per heavy atom. The van der Waals surface area contributed by atoms with Gasteiger partial charge in [-0.1, -0.05) is 11.6 Å². The van der Waals surface area contributed by atoms with Gasteiger partial charge in [-0.3, -0.25) is 4.79 Å². The molecule has 0 radical (unpaired) electrons. The van der Waals surface area contributed by atoms with Gasteiger partial charge in [0.2, 0.25) is 5.91 Å². The first-order chi connectivity index (χ1) is 9.72. The summed E-state index contributed by atoms with van der Waals surface area (Å²) in [4.78, 5) is 15.9. The minimum Gasteiger partial charge on any atom is -0.324 e. The van der Waals surface area contributed by atoms with Crippen molar-refractivity contribution in [3.05, 3.63) is 35.9 Å². The Hall–Kier alpha value is -1.92. The summed E-state index contributed by atoms with van der Waals surface area (Å²) >= 11 is 6.00. The number of carbonyl (C=O) groups is 1. The Labute approximate surface area is 121 Å². The third kappa shape index (κ3) is 2.81. The monoisotopic (exact) mass is 291 g/mol. The van der Waals surface area contributed by atoms with Crippen LogP contribution in [0.25, 0.3) is 5.69 Å². The van der Waals surface area contributed by atoms with Gasteiger partial charge in [-0.25, -0.2) is 9.67 Å². The zero-order valence-electron chi connectivity index (χ0n) is 10.7. The summed E-state index contributed by atoms with van der Waals surface area (Å²) < 4.78 is 1.59. The second kappa shape index (κ2) is 5.60. The van der Waals surface area contributed by atoms with Gasteiger partial charge in [-0.05, 0) is 37.2 Å². The largest absolute Gasteiger partial charge is 0.324 e. The van der Waals surface area contributed by atoms with Crippen LogP contribution in [-0.4, -0.2) is 33.8 Å². The molecule has 2 heterocycles. The van der Waals surface area contributed by atoms with Crippen molar-refractivity contribution < 1.29 is 4.79 Å². The Balaban J connectivity index is 1.80. The summed E-state index contributed by atoms with van der Waals surface area (Å²) in [5.41, 5.74) is 1.38. The van der Waals surface area contributed by atoms with Crippen molar-refractivity contribution in [1.82, 2.24) is 20.1 Å². The lowest BCUT2D eigenvalue weighted by atomic mass is 9.99. The average molecular weight is 292 g/mol. The van der Waals surface area contributed by atoms with E-state index in [4.69, 9.17) is 11.6 Å². The van der Waals surface area contributed by atoms with E-state index in [-0.39, 0.29) is 5.91 Å². The molecule has 0 saturated carbocycles. The smallest absolute Gasteiger partial charge is 0.224 e. The third-order valence-electron chi connectivity index (χ3n) is 3.24. The maximum atomic E-state index is 12.0. The number of nitrogens with zero attached hydrogens (tertiary/aromatic N) is 3. The number of nitrogens with one attached hydrogen (secondary N) is 2. The van der Waals surface area contributed by atoms with Gasteiger partial charge < -0.3 is 10.6 Å². The molecule has 3 rings (SSSR count). The van der Waals surface area contributed by atoms with E-state index in [2.05, 4.69) is 20.7 Å². The number of halogens is 1. The van der Waals surface area contributed by atoms with Crippen LogP contribution in [0, 0.1) is 5.92 Å². The molecular weight excluding hydrogens is 278 g/mol. The molecule has 0 atom stereocenters. The van der Waals surface area contributed by atoms with E-state index in [0.717, 1.165) is 18.8 Å². The highest BCUT2D eigenvalue weighted by atomic mass is 35.5. The van der Waals surface area contributed by atoms with Gasteiger partial charge in [0.1, 0.15) is 12.7 Å². The molecule has 1 fully saturated rings. The minimum absolute atomic E-state index is 0.0138. The maximum absolute atomic E-state index is 12.0. The molecule has 2 N–H and O–H groups in total. The van der Waals surface area contributed by atoms with Crippen molar-refractivity contribution in [3.8, 4) is 5.69 Å². The van der Waals surface area contributed by atoms with Crippen LogP contribution in [0.2, 0.25) is 5.02 Å². The van der Waals surface area contributed by atoms with Gasteiger partial charge >= 0.3 is 0 Å². The Kier molecular flexibility index (Phi) is 3.66. The zero-order chi connectivity index (χ0) is 13.9. The zero-order valence-corrected chi connectivity index (χ0v) is 11.5. The van der Waals surface area contributed by atoms with Gasteiger partial charge in [0.25, 0.3) is 0 Å². The number of anilines is 1. The first kappa shape index (κ1) is 13.1. The molecule has 104 valence electrons. The topological polar surface area (TPSA) is 71.8 Å². The fraction of sp³-hybridized carbons (Fsp3) is 0.308. The summed E-state index contributed by atoms with van der Waals surface area (Å²) in [6.45, 7) is 1.80. The molecule has 1 amide bonds. The fourth-order valence-electron chi connectivity index (χ4n) is 2.10. The molecule has 0 spiro atoms. The van der Waals surface area contributed by atoms with E-state index in [0.29, 0.717) is 23.0 Å². The lowest BCUT2D eigenvalue weighted by Crippen LogP contribution is -2.43. The highest BCUT2D eigenvalue weighted by Gasteiger charge is 2.20. The maximum Gasteiger partial charge on any atom is 0.224 e. The van der Waals surface area contributed by atoms with Crippen LogP contribution in [0.4, 0.5) is 5.69 Å². The van der Waals surface area contributed by atoms with Crippen molar-refractivity contribution in [2.24, 2.45) is 5.92 Å². The van der Waals surface area contributed by atoms with E-state index in [1.165, 1.54) is 6.33 Å². The van der Waals surface area contributed by atoms with Crippen LogP contribution in [0.3, 0.4) is 0 Å². The second-order valence-corrected chi connectivity index (χ2v) is 5.21. The van der Waals surface area contributed by atoms with Gasteiger partial charge in [-0.15, -0.1) is 0 Å². The summed E-state index contributed by atoms with van der Waals surface area (Å²) in [6, 6.07) is 5.27. The van der Waals surface area contributed by atoms with Gasteiger partial charge in [0, 0.05) is 11.4 Å². The highest BCUT2D eigenvalue weighted by Crippen LogP contribution is 2.24. The lowest BCUT2D eigenvalue weighted by molar-refractivity contribution is -0.117. The van der Waals surface area contributed by atoms with Crippen molar-refractivity contribution in [2.75, 3.05) is 18.4 Å². The molecular formula is C13H14ClN5O. The first-order valence-corrected chi connectivity index (χ1v) is 6.75. The van der Waals surface area contributed by atoms with Crippen LogP contribution in [-0.2, 0) is 4.79 Å². The molecule has 20 heavy (non-hydrogen) atoms. The number of carbonyl (C=O) groups excluding carboxylic acids is 1. The van der Waals surface area contributed by atoms with E-state index < -0.39 is 0 Å². The van der Waals surface area contributed by atoms with Crippen LogP contribution in [0.15, 0.2) is 30.9 Å². The Morgan fingerprint density at radius 2 is 2.35 bits per heavy atom. The van der Waals surface area contributed by atoms with E-state index in [1.54, 1.807) is 29.2 Å². The van der Waals surface area contributed by atoms with Crippen LogP contribution in [0.5, 0.6) is 0 Å². The fourth-order valence-corrected chi connectivity index (χ4v) is 2.27. The normalized spacial score (nSPS) is 14.8. The third-order valence-corrected chi connectivity index (χ3v) is 3.47. The van der Waals surface area contributed by atoms with Crippen molar-refractivity contribution >= 4 is 23.2 Å². The quantitative estimate of drug-likeness (QED) is 0.895. The molecule has 2 aromatic rings. The summed E-state index contributed by atoms with van der Waals surface area (Å²) in [5, 5.41) is 10.7. The van der Waals surface area contributed by atoms with Crippen LogP contribution in [0.1, 0.15) is 6.42 Å². The molecule has 7 heteroatoms. The van der Waals surface area contributed by atoms with Crippen LogP contribution >= 0.6 is 11.6 Å². The molecule has 0 unspecified atom stereocenters. The van der Waals surface area contributed by atoms with Gasteiger partial charge in [0.15, 0.2) is 0 Å². The van der Waals surface area contributed by atoms with E-state index in [1.807, 2.05) is 0 Å². The van der Waals surface area contributed by atoms with Crippen LogP contribution < -0.4 is 10.6 Å². The molecule has 0 aliphatic carbocycles. The van der Waals surface area contributed by atoms with Crippen molar-refractivity contribution in [1.29, 1.82) is 0 Å². The Bertz CT molecular complexity index is 609. The number of aromatic nitrogens is 3. The predicted molar refractivity (Wildman–Crippen MR) is 76.0 cm³/mol. The van der Waals surface area contributed by atoms with Crippen molar-refractivity contribution in [3.63, 3.8) is 0 Å². The second-order valence-electron chi connectivity index (χ2n) is 4.78. The minimum atomic E-state index is -0.0138. The van der Waals surface area contributed by atoms with E-state index in [9.17, 15) is 4.79 Å². The standard InChI is InChI=1S/C13H14ClN5O/c14-10-1-2-12(19-8-16-7-17-19)11(4-10)18-13(20)3-9-5-15-6-9/h1-2,4,7-9,15H,3,5-6H2,(H,18,20). The predicted octanol–water partition coefficient (Wildman–Crippen LogP) is 1.47. The molecule has 1 saturated heterocycles. The average Bonchev–Trinajstić information content (AvgIpc) is 2.88. The number of hydrogen-bond donors (Lipinski definition) is 2.